The number of hydrogen-bond donors (Lipinski definition) is 3. The van der Waals surface area contributed by atoms with Crippen molar-refractivity contribution in [3.63, 3.8) is 0 Å². The van der Waals surface area contributed by atoms with E-state index < -0.39 is 25.3 Å². The Balaban J connectivity index is 0.000000192. The molecule has 18 heteroatoms. The molecule has 6 aromatic carbocycles. The van der Waals surface area contributed by atoms with E-state index in [-0.39, 0.29) is 45.9 Å². The first-order valence-corrected chi connectivity index (χ1v) is 23.9. The van der Waals surface area contributed by atoms with Gasteiger partial charge in [0.1, 0.15) is 5.60 Å². The molecule has 3 N–H and O–H groups in total. The number of fused-ring (bicyclic) bond motifs is 4. The van der Waals surface area contributed by atoms with Crippen LogP contribution in [0.25, 0.3) is 43.4 Å². The summed E-state index contributed by atoms with van der Waals surface area (Å²) in [6.45, 7) is 11.0. The van der Waals surface area contributed by atoms with Crippen LogP contribution in [-0.2, 0) is 24.4 Å². The van der Waals surface area contributed by atoms with E-state index in [4.69, 9.17) is 4.74 Å². The van der Waals surface area contributed by atoms with Gasteiger partial charge in [0.05, 0.1) is 31.6 Å². The Morgan fingerprint density at radius 1 is 0.554 bits per heavy atom. The summed E-state index contributed by atoms with van der Waals surface area (Å²) in [6.07, 6.45) is -0.335. The number of anilines is 2. The van der Waals surface area contributed by atoms with Gasteiger partial charge >= 0.3 is 6.09 Å². The van der Waals surface area contributed by atoms with Gasteiger partial charge in [-0.3, -0.25) is 10.2 Å². The van der Waals surface area contributed by atoms with Crippen molar-refractivity contribution in [3.8, 4) is 0 Å². The molecule has 2 aromatic heterocycles. The van der Waals surface area contributed by atoms with Gasteiger partial charge in [0.15, 0.2) is 10.1 Å². The van der Waals surface area contributed by atoms with E-state index in [1.165, 1.54) is 0 Å². The number of carbonyl (C=O) groups excluding carboxylic acids is 1. The third-order valence-electron chi connectivity index (χ3n) is 11.4. The highest BCUT2D eigenvalue weighted by atomic mass is 35.5. The minimum Gasteiger partial charge on any atom is -0.444 e. The monoisotopic (exact) mass is 956 g/mol. The highest BCUT2D eigenvalue weighted by molar-refractivity contribution is 7.92. The highest BCUT2D eigenvalue weighted by Gasteiger charge is 2.31. The number of benzene rings is 6. The van der Waals surface area contributed by atoms with Gasteiger partial charge in [-0.2, -0.15) is 10.2 Å². The summed E-state index contributed by atoms with van der Waals surface area (Å²) in [4.78, 5) is 19.0. The second-order valence-corrected chi connectivity index (χ2v) is 20.3. The smallest absolute Gasteiger partial charge is 0.410 e. The maximum atomic E-state index is 13.9. The summed E-state index contributed by atoms with van der Waals surface area (Å²) in [5, 5.41) is 22.2. The van der Waals surface area contributed by atoms with Crippen LogP contribution in [0.2, 0.25) is 0 Å². The van der Waals surface area contributed by atoms with Crippen molar-refractivity contribution in [2.24, 2.45) is 0 Å². The molecule has 0 radical (unpaired) electrons. The van der Waals surface area contributed by atoms with E-state index in [9.17, 15) is 21.6 Å². The van der Waals surface area contributed by atoms with Crippen LogP contribution in [0.5, 0.6) is 0 Å². The Labute approximate surface area is 390 Å². The summed E-state index contributed by atoms with van der Waals surface area (Å²) in [7, 11) is -7.65. The largest absolute Gasteiger partial charge is 0.444 e. The van der Waals surface area contributed by atoms with Crippen molar-refractivity contribution in [3.05, 3.63) is 121 Å². The number of hydrogen-bond acceptors (Lipinski definition) is 11. The van der Waals surface area contributed by atoms with Crippen LogP contribution >= 0.6 is 24.8 Å². The number of rotatable bonds is 6. The number of carbonyl (C=O) groups is 1. The number of nitrogens with one attached hydrogen (secondary N) is 3. The number of nitrogens with zero attached hydrogens (tertiary/aromatic N) is 5. The third kappa shape index (κ3) is 9.18. The number of amides is 1. The average Bonchev–Trinajstić information content (AvgIpc) is 3.95. The standard InChI is InChI=1S/C26H28N4O4S.C21H20N4O2S.2ClH/c1-26(2,3)34-25(31)30-16-14-29(15-17-30)21-12-7-11-20-23(21)24(28-27-20)35(32,33)22-13-6-9-18-8-4-5-10-19(18)22;26-28(27,19-10-3-6-15-5-1-2-7-16(15)19)21-20-17(23-24-21)8-4-9-18(20)25-13-11-22-12-14-25;;/h4-13H,14-17H2,1-3H3,(H,27,28);1-10,22H,11-14H2,(H,23,24);2*1H. The maximum Gasteiger partial charge on any atom is 0.410 e. The Morgan fingerprint density at radius 2 is 0.969 bits per heavy atom. The maximum absolute atomic E-state index is 13.9. The van der Waals surface area contributed by atoms with E-state index in [0.717, 1.165) is 48.3 Å². The van der Waals surface area contributed by atoms with Gasteiger partial charge < -0.3 is 24.8 Å². The minimum absolute atomic E-state index is 0. The number of sulfone groups is 2. The lowest BCUT2D eigenvalue weighted by molar-refractivity contribution is 0.0240. The first kappa shape index (κ1) is 47.1. The molecule has 1 amide bonds. The van der Waals surface area contributed by atoms with Crippen molar-refractivity contribution < 1.29 is 26.4 Å². The molecule has 340 valence electrons. The first-order chi connectivity index (χ1) is 30.3. The molecule has 0 saturated carbocycles. The Kier molecular flexibility index (Phi) is 13.7. The van der Waals surface area contributed by atoms with Gasteiger partial charge in [-0.25, -0.2) is 21.6 Å². The van der Waals surface area contributed by atoms with Crippen molar-refractivity contribution in [1.29, 1.82) is 0 Å². The predicted molar refractivity (Wildman–Crippen MR) is 261 cm³/mol. The van der Waals surface area contributed by atoms with Crippen LogP contribution in [0, 0.1) is 0 Å². The van der Waals surface area contributed by atoms with Crippen LogP contribution in [-0.4, -0.2) is 106 Å². The van der Waals surface area contributed by atoms with Crippen LogP contribution in [0.3, 0.4) is 0 Å². The highest BCUT2D eigenvalue weighted by Crippen LogP contribution is 2.38. The molecular weight excluding hydrogens is 908 g/mol. The molecule has 14 nitrogen and oxygen atoms in total. The molecule has 2 aliphatic heterocycles. The normalized spacial score (nSPS) is 14.7. The molecule has 8 aromatic rings. The van der Waals surface area contributed by atoms with Crippen LogP contribution < -0.4 is 15.1 Å². The predicted octanol–water partition coefficient (Wildman–Crippen LogP) is 8.41. The van der Waals surface area contributed by atoms with E-state index in [0.29, 0.717) is 63.7 Å². The van der Waals surface area contributed by atoms with Crippen molar-refractivity contribution in [2.45, 2.75) is 46.2 Å². The van der Waals surface area contributed by atoms with Crippen LogP contribution in [0.1, 0.15) is 20.8 Å². The first-order valence-electron chi connectivity index (χ1n) is 20.9. The topological polar surface area (TPSA) is 174 Å². The van der Waals surface area contributed by atoms with Crippen molar-refractivity contribution in [1.82, 2.24) is 30.6 Å². The molecule has 0 spiro atoms. The van der Waals surface area contributed by atoms with Crippen LogP contribution in [0.15, 0.2) is 141 Å². The average molecular weight is 958 g/mol. The van der Waals surface area contributed by atoms with E-state index in [1.807, 2.05) is 112 Å². The quantitative estimate of drug-likeness (QED) is 0.146. The molecule has 0 atom stereocenters. The SMILES string of the molecule is CC(C)(C)OC(=O)N1CCN(c2cccc3n[nH]c(S(=O)(=O)c4cccc5ccccc45)c23)CC1.Cl.Cl.O=S(=O)(c1cccc2ccccc12)c1[nH]nc2cccc(N3CCNCC3)c12. The lowest BCUT2D eigenvalue weighted by Crippen LogP contribution is -2.50. The molecule has 0 bridgehead atoms. The summed E-state index contributed by atoms with van der Waals surface area (Å²) >= 11 is 0. The molecule has 2 aliphatic rings. The molecule has 0 aliphatic carbocycles. The fourth-order valence-electron chi connectivity index (χ4n) is 8.40. The second kappa shape index (κ2) is 18.9. The van der Waals surface area contributed by atoms with Crippen molar-refractivity contribution in [2.75, 3.05) is 62.2 Å². The second-order valence-electron chi connectivity index (χ2n) is 16.6. The number of halogens is 2. The summed E-state index contributed by atoms with van der Waals surface area (Å²) in [6, 6.07) is 37.0. The third-order valence-corrected chi connectivity index (χ3v) is 14.9. The summed E-state index contributed by atoms with van der Waals surface area (Å²) in [5.74, 6) is 0. The molecule has 0 unspecified atom stereocenters. The molecule has 65 heavy (non-hydrogen) atoms. The van der Waals surface area contributed by atoms with E-state index >= 15 is 0 Å². The van der Waals surface area contributed by atoms with Gasteiger partial charge in [-0.05, 0) is 67.9 Å². The van der Waals surface area contributed by atoms with Gasteiger partial charge in [-0.1, -0.05) is 84.9 Å². The lowest BCUT2D eigenvalue weighted by Gasteiger charge is -2.37. The number of H-pyrrole nitrogens is 2. The van der Waals surface area contributed by atoms with Gasteiger partial charge in [0.25, 0.3) is 0 Å². The van der Waals surface area contributed by atoms with Gasteiger partial charge in [0.2, 0.25) is 19.7 Å². The summed E-state index contributed by atoms with van der Waals surface area (Å²) in [5.41, 5.74) is 2.37. The Morgan fingerprint density at radius 3 is 1.43 bits per heavy atom. The fourth-order valence-corrected chi connectivity index (χ4v) is 11.6. The lowest BCUT2D eigenvalue weighted by atomic mass is 10.1. The zero-order chi connectivity index (χ0) is 43.9. The Bertz CT molecular complexity index is 3220. The van der Waals surface area contributed by atoms with Gasteiger partial charge in [-0.15, -0.1) is 24.8 Å². The zero-order valence-electron chi connectivity index (χ0n) is 36.0. The number of ether oxygens (including phenoxy) is 1. The molecular formula is C47H50Cl2N8O6S2. The van der Waals surface area contributed by atoms with Gasteiger partial charge in [0, 0.05) is 74.5 Å². The van der Waals surface area contributed by atoms with Crippen LogP contribution in [0.4, 0.5) is 16.2 Å². The minimum atomic E-state index is -3.88. The van der Waals surface area contributed by atoms with Crippen molar-refractivity contribution >= 4 is 105 Å². The zero-order valence-corrected chi connectivity index (χ0v) is 39.3. The number of piperazine rings is 2. The molecule has 4 heterocycles. The summed E-state index contributed by atoms with van der Waals surface area (Å²) < 4.78 is 60.6. The van der Waals surface area contributed by atoms with E-state index in [1.54, 1.807) is 35.2 Å². The molecule has 2 fully saturated rings. The number of aromatic amines is 2. The number of aromatic nitrogens is 4. The molecule has 2 saturated heterocycles. The Hall–Kier alpha value is -5.91. The molecule has 10 rings (SSSR count). The fraction of sp³-hybridized carbons (Fsp3) is 0.255. The van der Waals surface area contributed by atoms with E-state index in [2.05, 4.69) is 35.5 Å².